The molecule has 0 spiro atoms. The molecule has 2 unspecified atom stereocenters. The summed E-state index contributed by atoms with van der Waals surface area (Å²) in [6.07, 6.45) is -0.0297. The number of hydrogen-bond acceptors (Lipinski definition) is 3. The number of hydrogen-bond donors (Lipinski definition) is 2. The summed E-state index contributed by atoms with van der Waals surface area (Å²) in [7, 11) is -5.19. The molecule has 1 aliphatic rings. The smallest absolute Gasteiger partial charge is 0.358 e. The first kappa shape index (κ1) is 20.7. The molecule has 10 heteroatoms. The number of sulfone groups is 1. The Morgan fingerprint density at radius 2 is 1.90 bits per heavy atom. The van der Waals surface area contributed by atoms with E-state index in [-0.39, 0.29) is 19.3 Å². The minimum absolute atomic E-state index is 0.0713. The molecule has 2 N–H and O–H groups in total. The molecule has 0 radical (unpaired) electrons. The molecule has 0 fully saturated rings. The summed E-state index contributed by atoms with van der Waals surface area (Å²) >= 11 is 6.02. The van der Waals surface area contributed by atoms with Gasteiger partial charge in [0.15, 0.2) is 11.6 Å². The molecular weight excluding hydrogens is 443 g/mol. The molecule has 1 heterocycles. The number of rotatable bonds is 4. The second kappa shape index (κ2) is 7.02. The zero-order valence-electron chi connectivity index (χ0n) is 15.3. The average molecular weight is 458 g/mol. The highest BCUT2D eigenvalue weighted by Crippen LogP contribution is 2.43. The van der Waals surface area contributed by atoms with Crippen molar-refractivity contribution in [1.29, 1.82) is 0 Å². The van der Waals surface area contributed by atoms with Gasteiger partial charge in [0.2, 0.25) is 9.84 Å². The topological polar surface area (TPSA) is 87.2 Å². The van der Waals surface area contributed by atoms with Gasteiger partial charge in [0.25, 0.3) is 0 Å². The molecular formula is C20H15ClF3NO4S. The van der Waals surface area contributed by atoms with E-state index < -0.39 is 43.3 Å². The fraction of sp³-hybridized carbons (Fsp3) is 0.250. The van der Waals surface area contributed by atoms with E-state index in [1.165, 1.54) is 0 Å². The lowest BCUT2D eigenvalue weighted by molar-refractivity contribution is -0.148. The van der Waals surface area contributed by atoms with Crippen LogP contribution in [0.4, 0.5) is 13.2 Å². The maximum absolute atomic E-state index is 15.9. The second-order valence-corrected chi connectivity index (χ2v) is 9.75. The molecule has 0 bridgehead atoms. The van der Waals surface area contributed by atoms with Crippen molar-refractivity contribution in [3.8, 4) is 0 Å². The number of fused-ring (bicyclic) bond motifs is 3. The van der Waals surface area contributed by atoms with Gasteiger partial charge in [0.1, 0.15) is 0 Å². The Bertz CT molecular complexity index is 1290. The number of halogens is 4. The van der Waals surface area contributed by atoms with Crippen LogP contribution in [0.1, 0.15) is 17.7 Å². The molecule has 5 nitrogen and oxygen atoms in total. The lowest BCUT2D eigenvalue weighted by atomic mass is 9.83. The first-order chi connectivity index (χ1) is 14.1. The van der Waals surface area contributed by atoms with Crippen molar-refractivity contribution in [2.45, 2.75) is 29.2 Å². The molecule has 2 atom stereocenters. The Kier molecular flexibility index (Phi) is 4.85. The van der Waals surface area contributed by atoms with E-state index in [4.69, 9.17) is 11.6 Å². The second-order valence-electron chi connectivity index (χ2n) is 7.24. The first-order valence-corrected chi connectivity index (χ1v) is 10.8. The van der Waals surface area contributed by atoms with Crippen LogP contribution in [-0.4, -0.2) is 29.5 Å². The SMILES string of the molecule is O=C(O)C(F)(C1CCc2c([nH]c3ccc(Cl)cc23)C1)S(=O)(=O)c1ccc(F)c(F)c1. The molecule has 0 amide bonds. The van der Waals surface area contributed by atoms with Crippen LogP contribution in [0.3, 0.4) is 0 Å². The van der Waals surface area contributed by atoms with Crippen molar-refractivity contribution in [2.75, 3.05) is 0 Å². The highest BCUT2D eigenvalue weighted by molar-refractivity contribution is 7.93. The van der Waals surface area contributed by atoms with Gasteiger partial charge in [0, 0.05) is 27.5 Å². The predicted octanol–water partition coefficient (Wildman–Crippen LogP) is 4.43. The minimum atomic E-state index is -5.19. The highest BCUT2D eigenvalue weighted by Gasteiger charge is 2.59. The quantitative estimate of drug-likeness (QED) is 0.567. The highest BCUT2D eigenvalue weighted by atomic mass is 35.5. The fourth-order valence-electron chi connectivity index (χ4n) is 4.04. The maximum atomic E-state index is 15.9. The van der Waals surface area contributed by atoms with Gasteiger partial charge in [-0.1, -0.05) is 11.6 Å². The van der Waals surface area contributed by atoms with Crippen molar-refractivity contribution in [2.24, 2.45) is 5.92 Å². The third-order valence-electron chi connectivity index (χ3n) is 5.56. The summed E-state index contributed by atoms with van der Waals surface area (Å²) in [6, 6.07) is 6.58. The summed E-state index contributed by atoms with van der Waals surface area (Å²) in [6.45, 7) is 0. The van der Waals surface area contributed by atoms with Crippen molar-refractivity contribution in [1.82, 2.24) is 4.98 Å². The number of benzene rings is 2. The molecule has 30 heavy (non-hydrogen) atoms. The van der Waals surface area contributed by atoms with Gasteiger partial charge in [-0.15, -0.1) is 0 Å². The molecule has 1 aliphatic carbocycles. The van der Waals surface area contributed by atoms with Crippen LogP contribution in [0, 0.1) is 17.6 Å². The first-order valence-electron chi connectivity index (χ1n) is 8.96. The minimum Gasteiger partial charge on any atom is -0.478 e. The normalized spacial score (nSPS) is 18.7. The molecule has 1 aromatic heterocycles. The fourth-order valence-corrected chi connectivity index (χ4v) is 5.93. The van der Waals surface area contributed by atoms with Crippen LogP contribution >= 0.6 is 11.6 Å². The summed E-state index contributed by atoms with van der Waals surface area (Å²) in [4.78, 5) is 14.0. The summed E-state index contributed by atoms with van der Waals surface area (Å²) in [5.41, 5.74) is 2.06. The number of nitrogens with one attached hydrogen (secondary N) is 1. The number of aryl methyl sites for hydroxylation is 1. The maximum Gasteiger partial charge on any atom is 0.358 e. The van der Waals surface area contributed by atoms with E-state index in [0.717, 1.165) is 10.9 Å². The zero-order chi connectivity index (χ0) is 21.8. The van der Waals surface area contributed by atoms with Crippen LogP contribution in [0.5, 0.6) is 0 Å². The Morgan fingerprint density at radius 3 is 2.57 bits per heavy atom. The molecule has 0 saturated heterocycles. The number of alkyl halides is 1. The van der Waals surface area contributed by atoms with Gasteiger partial charge in [-0.25, -0.2) is 26.4 Å². The predicted molar refractivity (Wildman–Crippen MR) is 104 cm³/mol. The standard InChI is InChI=1S/C20H15ClF3NO4S/c21-11-2-6-17-14(8-11)13-4-1-10(7-18(13)25-17)20(24,19(26)27)30(28,29)12-3-5-15(22)16(23)9-12/h2-3,5-6,8-10,25H,1,4,7H2,(H,26,27). The largest absolute Gasteiger partial charge is 0.478 e. The number of carboxylic acids is 1. The molecule has 4 rings (SSSR count). The number of aromatic amines is 1. The Balaban J connectivity index is 1.79. The van der Waals surface area contributed by atoms with Gasteiger partial charge < -0.3 is 10.1 Å². The lowest BCUT2D eigenvalue weighted by Gasteiger charge is -2.32. The van der Waals surface area contributed by atoms with Gasteiger partial charge in [-0.2, -0.15) is 0 Å². The van der Waals surface area contributed by atoms with Crippen LogP contribution in [-0.2, 0) is 27.5 Å². The average Bonchev–Trinajstić information content (AvgIpc) is 3.05. The van der Waals surface area contributed by atoms with Crippen molar-refractivity contribution in [3.63, 3.8) is 0 Å². The third-order valence-corrected chi connectivity index (χ3v) is 7.96. The van der Waals surface area contributed by atoms with E-state index in [1.54, 1.807) is 18.2 Å². The molecule has 0 saturated carbocycles. The number of aromatic nitrogens is 1. The summed E-state index contributed by atoms with van der Waals surface area (Å²) in [5.74, 6) is -6.47. The lowest BCUT2D eigenvalue weighted by Crippen LogP contribution is -2.50. The molecule has 158 valence electrons. The summed E-state index contributed by atoms with van der Waals surface area (Å²) < 4.78 is 68.5. The van der Waals surface area contributed by atoms with Crippen LogP contribution in [0.15, 0.2) is 41.3 Å². The van der Waals surface area contributed by atoms with Gasteiger partial charge >= 0.3 is 11.0 Å². The van der Waals surface area contributed by atoms with E-state index in [1.807, 2.05) is 0 Å². The third kappa shape index (κ3) is 2.99. The van der Waals surface area contributed by atoms with Crippen LogP contribution in [0.2, 0.25) is 5.02 Å². The Labute approximate surface area is 174 Å². The molecule has 0 aliphatic heterocycles. The summed E-state index contributed by atoms with van der Waals surface area (Å²) in [5, 5.41) is 7.16. The number of carbonyl (C=O) groups is 1. The number of carboxylic acid groups (broad SMARTS) is 1. The van der Waals surface area contributed by atoms with Gasteiger partial charge in [-0.05, 0) is 61.2 Å². The molecule has 3 aromatic rings. The van der Waals surface area contributed by atoms with E-state index in [2.05, 4.69) is 4.98 Å². The van der Waals surface area contributed by atoms with Crippen LogP contribution in [0.25, 0.3) is 10.9 Å². The number of aliphatic carboxylic acids is 1. The van der Waals surface area contributed by atoms with E-state index in [9.17, 15) is 27.1 Å². The van der Waals surface area contributed by atoms with Crippen molar-refractivity contribution >= 4 is 38.3 Å². The Morgan fingerprint density at radius 1 is 1.17 bits per heavy atom. The Hall–Kier alpha value is -2.52. The molecule has 2 aromatic carbocycles. The van der Waals surface area contributed by atoms with Crippen molar-refractivity contribution < 1.29 is 31.5 Å². The number of H-pyrrole nitrogens is 1. The van der Waals surface area contributed by atoms with Crippen LogP contribution < -0.4 is 0 Å². The van der Waals surface area contributed by atoms with Gasteiger partial charge in [-0.3, -0.25) is 0 Å². The zero-order valence-corrected chi connectivity index (χ0v) is 16.8. The monoisotopic (exact) mass is 457 g/mol. The van der Waals surface area contributed by atoms with E-state index in [0.29, 0.717) is 34.4 Å². The van der Waals surface area contributed by atoms with Gasteiger partial charge in [0.05, 0.1) is 4.90 Å². The van der Waals surface area contributed by atoms with Crippen molar-refractivity contribution in [3.05, 3.63) is 64.3 Å². The van der Waals surface area contributed by atoms with E-state index >= 15 is 4.39 Å².